The Bertz CT molecular complexity index is 378. The highest BCUT2D eigenvalue weighted by molar-refractivity contribution is 7.85. The molecule has 0 aromatic carbocycles. The summed E-state index contributed by atoms with van der Waals surface area (Å²) >= 11 is 0. The number of unbranched alkanes of at least 4 members (excludes halogenated alkanes) is 11. The van der Waals surface area contributed by atoms with Crippen LogP contribution in [0, 0.1) is 0 Å². The van der Waals surface area contributed by atoms with E-state index in [9.17, 15) is 13.2 Å². The summed E-state index contributed by atoms with van der Waals surface area (Å²) in [6.07, 6.45) is 14.7. The number of esters is 1. The molecule has 0 atom stereocenters. The van der Waals surface area contributed by atoms with Gasteiger partial charge in [-0.2, -0.15) is 8.42 Å². The van der Waals surface area contributed by atoms with Gasteiger partial charge in [-0.1, -0.05) is 77.6 Å². The topological polar surface area (TPSA) is 80.7 Å². The molecule has 23 heavy (non-hydrogen) atoms. The van der Waals surface area contributed by atoms with Crippen LogP contribution in [0.2, 0.25) is 0 Å². The molecule has 0 spiro atoms. The minimum absolute atomic E-state index is 0.281. The molecule has 0 aromatic rings. The van der Waals surface area contributed by atoms with Gasteiger partial charge in [-0.15, -0.1) is 0 Å². The molecular weight excluding hydrogens is 316 g/mol. The first-order valence-electron chi connectivity index (χ1n) is 9.06. The summed E-state index contributed by atoms with van der Waals surface area (Å²) in [5.41, 5.74) is 0. The zero-order valence-electron chi connectivity index (χ0n) is 14.6. The van der Waals surface area contributed by atoms with E-state index >= 15 is 0 Å². The van der Waals surface area contributed by atoms with Crippen molar-refractivity contribution in [2.75, 3.05) is 12.4 Å². The van der Waals surface area contributed by atoms with Gasteiger partial charge in [0.1, 0.15) is 0 Å². The van der Waals surface area contributed by atoms with Gasteiger partial charge in [0.2, 0.25) is 0 Å². The molecule has 0 bridgehead atoms. The zero-order valence-corrected chi connectivity index (χ0v) is 15.4. The number of carbonyl (C=O) groups excluding carboxylic acids is 1. The lowest BCUT2D eigenvalue weighted by atomic mass is 10.1. The van der Waals surface area contributed by atoms with Crippen LogP contribution in [0.1, 0.15) is 90.4 Å². The van der Waals surface area contributed by atoms with E-state index in [2.05, 4.69) is 6.92 Å². The highest BCUT2D eigenvalue weighted by Gasteiger charge is 2.10. The third-order valence-electron chi connectivity index (χ3n) is 3.83. The molecule has 6 heteroatoms. The summed E-state index contributed by atoms with van der Waals surface area (Å²) < 4.78 is 34.4. The minimum Gasteiger partial charge on any atom is -0.466 e. The molecule has 0 aromatic heterocycles. The van der Waals surface area contributed by atoms with Gasteiger partial charge in [0.15, 0.2) is 0 Å². The number of ether oxygens (including phenoxy) is 1. The quantitative estimate of drug-likeness (QED) is 0.252. The van der Waals surface area contributed by atoms with Crippen LogP contribution < -0.4 is 0 Å². The average molecular weight is 351 g/mol. The summed E-state index contributed by atoms with van der Waals surface area (Å²) in [5.74, 6) is -1.13. The van der Waals surface area contributed by atoms with Crippen molar-refractivity contribution in [3.8, 4) is 0 Å². The summed E-state index contributed by atoms with van der Waals surface area (Å²) in [4.78, 5) is 11.2. The molecule has 0 fully saturated rings. The van der Waals surface area contributed by atoms with Gasteiger partial charge in [-0.05, 0) is 6.42 Å². The maximum atomic E-state index is 11.2. The highest BCUT2D eigenvalue weighted by Crippen LogP contribution is 2.11. The van der Waals surface area contributed by atoms with Crippen LogP contribution in [0.4, 0.5) is 0 Å². The predicted molar refractivity (Wildman–Crippen MR) is 93.1 cm³/mol. The Morgan fingerprint density at radius 1 is 0.826 bits per heavy atom. The van der Waals surface area contributed by atoms with Crippen LogP contribution in [-0.2, 0) is 19.6 Å². The van der Waals surface area contributed by atoms with E-state index in [-0.39, 0.29) is 6.42 Å². The molecule has 0 saturated carbocycles. The predicted octanol–water partition coefficient (Wildman–Crippen LogP) is 4.51. The third-order valence-corrected chi connectivity index (χ3v) is 4.55. The molecule has 0 radical (unpaired) electrons. The fraction of sp³-hybridized carbons (Fsp3) is 0.941. The maximum absolute atomic E-state index is 11.2. The highest BCUT2D eigenvalue weighted by atomic mass is 32.2. The molecule has 0 heterocycles. The van der Waals surface area contributed by atoms with Gasteiger partial charge in [-0.25, -0.2) is 0 Å². The number of hydrogen-bond donors (Lipinski definition) is 1. The molecular formula is C17H34O5S. The molecule has 138 valence electrons. The first-order chi connectivity index (χ1) is 11.0. The van der Waals surface area contributed by atoms with E-state index in [0.29, 0.717) is 6.61 Å². The maximum Gasteiger partial charge on any atom is 0.306 e. The molecule has 0 aliphatic heterocycles. The lowest BCUT2D eigenvalue weighted by Crippen LogP contribution is -2.12. The van der Waals surface area contributed by atoms with Crippen molar-refractivity contribution in [3.63, 3.8) is 0 Å². The van der Waals surface area contributed by atoms with Crippen LogP contribution in [0.3, 0.4) is 0 Å². The SMILES string of the molecule is CCCCCCCCCCCCCCOC(=O)CCS(=O)(=O)O. The van der Waals surface area contributed by atoms with Gasteiger partial charge in [0, 0.05) is 0 Å². The van der Waals surface area contributed by atoms with E-state index in [0.717, 1.165) is 19.3 Å². The van der Waals surface area contributed by atoms with Gasteiger partial charge in [0.25, 0.3) is 10.1 Å². The molecule has 0 aliphatic rings. The van der Waals surface area contributed by atoms with E-state index in [1.807, 2.05) is 0 Å². The first kappa shape index (κ1) is 22.4. The van der Waals surface area contributed by atoms with Crippen LogP contribution in [0.25, 0.3) is 0 Å². The van der Waals surface area contributed by atoms with Gasteiger partial charge < -0.3 is 4.74 Å². The Labute approximate surface area is 141 Å². The van der Waals surface area contributed by atoms with Gasteiger partial charge >= 0.3 is 5.97 Å². The van der Waals surface area contributed by atoms with E-state index < -0.39 is 21.8 Å². The second-order valence-electron chi connectivity index (χ2n) is 6.15. The van der Waals surface area contributed by atoms with Crippen LogP contribution in [0.15, 0.2) is 0 Å². The van der Waals surface area contributed by atoms with E-state index in [1.165, 1.54) is 57.8 Å². The van der Waals surface area contributed by atoms with Crippen molar-refractivity contribution in [3.05, 3.63) is 0 Å². The van der Waals surface area contributed by atoms with Gasteiger partial charge in [-0.3, -0.25) is 9.35 Å². The standard InChI is InChI=1S/C17H34O5S/c1-2-3-4-5-6-7-8-9-10-11-12-13-15-22-17(18)14-16-23(19,20)21/h2-16H2,1H3,(H,19,20,21). The molecule has 0 amide bonds. The summed E-state index contributed by atoms with van der Waals surface area (Å²) in [6, 6.07) is 0. The largest absolute Gasteiger partial charge is 0.466 e. The third kappa shape index (κ3) is 19.3. The Morgan fingerprint density at radius 3 is 1.70 bits per heavy atom. The summed E-state index contributed by atoms with van der Waals surface area (Å²) in [7, 11) is -4.08. The van der Waals surface area contributed by atoms with Crippen molar-refractivity contribution in [2.24, 2.45) is 0 Å². The second-order valence-corrected chi connectivity index (χ2v) is 7.72. The average Bonchev–Trinajstić information content (AvgIpc) is 2.49. The second kappa shape index (κ2) is 14.9. The Balaban J connectivity index is 3.20. The molecule has 0 unspecified atom stereocenters. The van der Waals surface area contributed by atoms with Crippen molar-refractivity contribution < 1.29 is 22.5 Å². The van der Waals surface area contributed by atoms with Crippen LogP contribution in [-0.4, -0.2) is 31.3 Å². The Kier molecular flexibility index (Phi) is 14.5. The monoisotopic (exact) mass is 350 g/mol. The Hall–Kier alpha value is -0.620. The molecule has 5 nitrogen and oxygen atoms in total. The van der Waals surface area contributed by atoms with Crippen LogP contribution >= 0.6 is 0 Å². The van der Waals surface area contributed by atoms with E-state index in [1.54, 1.807) is 0 Å². The van der Waals surface area contributed by atoms with Gasteiger partial charge in [0.05, 0.1) is 18.8 Å². The van der Waals surface area contributed by atoms with Crippen molar-refractivity contribution in [2.45, 2.75) is 90.4 Å². The number of hydrogen-bond acceptors (Lipinski definition) is 4. The Morgan fingerprint density at radius 2 is 1.26 bits per heavy atom. The lowest BCUT2D eigenvalue weighted by Gasteiger charge is -2.05. The molecule has 0 aliphatic carbocycles. The van der Waals surface area contributed by atoms with Crippen LogP contribution in [0.5, 0.6) is 0 Å². The van der Waals surface area contributed by atoms with Crippen molar-refractivity contribution in [1.82, 2.24) is 0 Å². The van der Waals surface area contributed by atoms with Crippen molar-refractivity contribution >= 4 is 16.1 Å². The minimum atomic E-state index is -4.08. The molecule has 0 saturated heterocycles. The lowest BCUT2D eigenvalue weighted by molar-refractivity contribution is -0.143. The van der Waals surface area contributed by atoms with Crippen molar-refractivity contribution in [1.29, 1.82) is 0 Å². The fourth-order valence-corrected chi connectivity index (χ4v) is 2.84. The number of carbonyl (C=O) groups is 1. The normalized spacial score (nSPS) is 11.6. The number of rotatable bonds is 16. The van der Waals surface area contributed by atoms with E-state index in [4.69, 9.17) is 9.29 Å². The smallest absolute Gasteiger partial charge is 0.306 e. The summed E-state index contributed by atoms with van der Waals surface area (Å²) in [6.45, 7) is 2.57. The first-order valence-corrected chi connectivity index (χ1v) is 10.7. The fourth-order valence-electron chi connectivity index (χ4n) is 2.41. The molecule has 1 N–H and O–H groups in total. The molecule has 0 rings (SSSR count). The summed E-state index contributed by atoms with van der Waals surface area (Å²) in [5, 5.41) is 0. The zero-order chi connectivity index (χ0) is 17.4.